The fourth-order valence-electron chi connectivity index (χ4n) is 1.75. The summed E-state index contributed by atoms with van der Waals surface area (Å²) in [6.45, 7) is 0. The zero-order valence-electron chi connectivity index (χ0n) is 12.2. The second-order valence-electron chi connectivity index (χ2n) is 4.36. The van der Waals surface area contributed by atoms with Crippen LogP contribution in [-0.4, -0.2) is 24.4 Å². The van der Waals surface area contributed by atoms with Crippen LogP contribution in [0.15, 0.2) is 56.4 Å². The largest absolute Gasteiger partial charge is 0.507 e. The predicted octanol–water partition coefficient (Wildman–Crippen LogP) is 2.81. The van der Waals surface area contributed by atoms with Crippen LogP contribution in [0.5, 0.6) is 11.5 Å². The van der Waals surface area contributed by atoms with Gasteiger partial charge in [0, 0.05) is 4.90 Å². The lowest BCUT2D eigenvalue weighted by atomic mass is 10.2. The fraction of sp³-hybridized carbons (Fsp3) is 0.0667. The Morgan fingerprint density at radius 3 is 2.70 bits per heavy atom. The minimum atomic E-state index is -0.180. The Labute approximate surface area is 142 Å². The van der Waals surface area contributed by atoms with Crippen molar-refractivity contribution in [2.75, 3.05) is 7.11 Å². The first kappa shape index (κ1) is 17.0. The van der Waals surface area contributed by atoms with Crippen LogP contribution in [0.2, 0.25) is 5.02 Å². The normalized spacial score (nSPS) is 10.7. The Balaban J connectivity index is 2.29. The summed E-state index contributed by atoms with van der Waals surface area (Å²) < 4.78 is 5.30. The zero-order valence-corrected chi connectivity index (χ0v) is 13.8. The molecule has 6 nitrogen and oxygen atoms in total. The van der Waals surface area contributed by atoms with Gasteiger partial charge in [-0.1, -0.05) is 35.5 Å². The number of aromatic hydroxyl groups is 1. The molecule has 2 rings (SSSR count). The molecule has 0 saturated heterocycles. The molecule has 0 aliphatic carbocycles. The van der Waals surface area contributed by atoms with Crippen molar-refractivity contribution in [2.24, 2.45) is 21.7 Å². The average Bonchev–Trinajstić information content (AvgIpc) is 2.50. The molecule has 0 radical (unpaired) electrons. The van der Waals surface area contributed by atoms with E-state index in [-0.39, 0.29) is 11.7 Å². The maximum absolute atomic E-state index is 10.1. The summed E-state index contributed by atoms with van der Waals surface area (Å²) in [6.07, 6.45) is 1.29. The molecule has 2 aromatic carbocycles. The Morgan fingerprint density at radius 1 is 1.30 bits per heavy atom. The van der Waals surface area contributed by atoms with E-state index < -0.39 is 0 Å². The minimum Gasteiger partial charge on any atom is -0.507 e. The first-order valence-corrected chi connectivity index (χ1v) is 7.66. The number of para-hydroxylation sites is 1. The highest BCUT2D eigenvalue weighted by Crippen LogP contribution is 2.38. The number of methoxy groups -OCH3 is 1. The molecule has 0 amide bonds. The molecule has 8 heteroatoms. The van der Waals surface area contributed by atoms with Gasteiger partial charge in [-0.2, -0.15) is 5.10 Å². The van der Waals surface area contributed by atoms with Gasteiger partial charge in [0.25, 0.3) is 0 Å². The lowest BCUT2D eigenvalue weighted by Gasteiger charge is -2.09. The predicted molar refractivity (Wildman–Crippen MR) is 93.6 cm³/mol. The summed E-state index contributed by atoms with van der Waals surface area (Å²) in [7, 11) is 1.60. The highest BCUT2D eigenvalue weighted by molar-refractivity contribution is 7.99. The maximum Gasteiger partial charge on any atom is 0.211 e. The Hall–Kier alpha value is -2.38. The summed E-state index contributed by atoms with van der Waals surface area (Å²) in [5.41, 5.74) is 10.7. The van der Waals surface area contributed by atoms with Crippen LogP contribution < -0.4 is 16.2 Å². The van der Waals surface area contributed by atoms with E-state index in [1.54, 1.807) is 19.2 Å². The van der Waals surface area contributed by atoms with E-state index in [1.165, 1.54) is 18.0 Å². The number of hydrogen-bond acceptors (Lipinski definition) is 5. The van der Waals surface area contributed by atoms with Gasteiger partial charge in [-0.05, 0) is 24.3 Å². The van der Waals surface area contributed by atoms with Crippen molar-refractivity contribution in [2.45, 2.75) is 9.79 Å². The van der Waals surface area contributed by atoms with E-state index in [4.69, 9.17) is 27.8 Å². The molecule has 0 aliphatic heterocycles. The quantitative estimate of drug-likeness (QED) is 0.436. The van der Waals surface area contributed by atoms with Crippen molar-refractivity contribution in [3.63, 3.8) is 0 Å². The maximum atomic E-state index is 10.1. The molecular formula is C15H15ClN4O2S. The van der Waals surface area contributed by atoms with Crippen LogP contribution in [0.1, 0.15) is 5.56 Å². The summed E-state index contributed by atoms with van der Waals surface area (Å²) >= 11 is 7.61. The van der Waals surface area contributed by atoms with Crippen LogP contribution in [-0.2, 0) is 0 Å². The van der Waals surface area contributed by atoms with Crippen molar-refractivity contribution < 1.29 is 9.84 Å². The average molecular weight is 351 g/mol. The SMILES string of the molecule is COc1ccccc1Sc1cc(O)c(C=NN=C(N)N)c(Cl)c1. The second kappa shape index (κ2) is 7.75. The molecule has 0 aromatic heterocycles. The number of nitrogens with two attached hydrogens (primary N) is 2. The highest BCUT2D eigenvalue weighted by atomic mass is 35.5. The van der Waals surface area contributed by atoms with Crippen LogP contribution in [0.4, 0.5) is 0 Å². The van der Waals surface area contributed by atoms with Crippen molar-refractivity contribution in [3.8, 4) is 11.5 Å². The molecule has 23 heavy (non-hydrogen) atoms. The van der Waals surface area contributed by atoms with Crippen LogP contribution in [0.3, 0.4) is 0 Å². The third-order valence-electron chi connectivity index (χ3n) is 2.74. The van der Waals surface area contributed by atoms with E-state index in [2.05, 4.69) is 10.2 Å². The third kappa shape index (κ3) is 4.54. The summed E-state index contributed by atoms with van der Waals surface area (Å²) in [5, 5.41) is 17.6. The van der Waals surface area contributed by atoms with Gasteiger partial charge in [0.1, 0.15) is 11.5 Å². The molecule has 0 spiro atoms. The Morgan fingerprint density at radius 2 is 2.04 bits per heavy atom. The standard InChI is InChI=1S/C15H15ClN4O2S/c1-22-13-4-2-3-5-14(13)23-9-6-11(16)10(12(21)7-9)8-19-20-15(17)18/h2-8,21H,1H3,(H4,17,18,20). The van der Waals surface area contributed by atoms with Crippen molar-refractivity contribution >= 4 is 35.5 Å². The number of halogens is 1. The fourth-order valence-corrected chi connectivity index (χ4v) is 3.08. The number of phenols is 1. The van der Waals surface area contributed by atoms with Gasteiger partial charge in [0.05, 0.1) is 28.8 Å². The lowest BCUT2D eigenvalue weighted by Crippen LogP contribution is -2.21. The second-order valence-corrected chi connectivity index (χ2v) is 5.88. The van der Waals surface area contributed by atoms with Gasteiger partial charge >= 0.3 is 0 Å². The van der Waals surface area contributed by atoms with E-state index in [0.717, 1.165) is 15.5 Å². The van der Waals surface area contributed by atoms with Gasteiger partial charge in [-0.25, -0.2) is 0 Å². The van der Waals surface area contributed by atoms with Gasteiger partial charge in [0.2, 0.25) is 5.96 Å². The molecule has 0 unspecified atom stereocenters. The van der Waals surface area contributed by atoms with E-state index >= 15 is 0 Å². The monoisotopic (exact) mass is 350 g/mol. The van der Waals surface area contributed by atoms with Gasteiger partial charge in [-0.3, -0.25) is 0 Å². The molecule has 5 N–H and O–H groups in total. The molecule has 120 valence electrons. The number of rotatable bonds is 5. The minimum absolute atomic E-state index is 0.0237. The zero-order chi connectivity index (χ0) is 16.8. The Bertz CT molecular complexity index is 738. The molecular weight excluding hydrogens is 336 g/mol. The van der Waals surface area contributed by atoms with E-state index in [9.17, 15) is 5.11 Å². The smallest absolute Gasteiger partial charge is 0.211 e. The van der Waals surface area contributed by atoms with E-state index in [1.807, 2.05) is 24.3 Å². The third-order valence-corrected chi connectivity index (χ3v) is 4.08. The van der Waals surface area contributed by atoms with Gasteiger partial charge in [-0.15, -0.1) is 5.10 Å². The molecule has 0 aliphatic rings. The Kier molecular flexibility index (Phi) is 5.72. The number of phenolic OH excluding ortho intramolecular Hbond substituents is 1. The van der Waals surface area contributed by atoms with E-state index in [0.29, 0.717) is 10.6 Å². The number of ether oxygens (including phenoxy) is 1. The molecule has 0 heterocycles. The van der Waals surface area contributed by atoms with Crippen LogP contribution >= 0.6 is 23.4 Å². The first-order chi connectivity index (χ1) is 11.0. The number of benzene rings is 2. The lowest BCUT2D eigenvalue weighted by molar-refractivity contribution is 0.405. The molecule has 0 saturated carbocycles. The molecule has 2 aromatic rings. The van der Waals surface area contributed by atoms with Gasteiger partial charge in [0.15, 0.2) is 0 Å². The number of guanidine groups is 1. The van der Waals surface area contributed by atoms with Crippen molar-refractivity contribution in [1.82, 2.24) is 0 Å². The topological polar surface area (TPSA) is 106 Å². The van der Waals surface area contributed by atoms with Crippen molar-refractivity contribution in [1.29, 1.82) is 0 Å². The van der Waals surface area contributed by atoms with Gasteiger partial charge < -0.3 is 21.3 Å². The van der Waals surface area contributed by atoms with Crippen LogP contribution in [0, 0.1) is 0 Å². The number of nitrogens with zero attached hydrogens (tertiary/aromatic N) is 2. The van der Waals surface area contributed by atoms with Crippen molar-refractivity contribution in [3.05, 3.63) is 47.0 Å². The number of hydrogen-bond donors (Lipinski definition) is 3. The first-order valence-electron chi connectivity index (χ1n) is 6.46. The molecule has 0 bridgehead atoms. The summed E-state index contributed by atoms with van der Waals surface area (Å²) in [6, 6.07) is 10.9. The van der Waals surface area contributed by atoms with Crippen LogP contribution in [0.25, 0.3) is 0 Å². The summed E-state index contributed by atoms with van der Waals surface area (Å²) in [4.78, 5) is 1.67. The highest BCUT2D eigenvalue weighted by Gasteiger charge is 2.10. The molecule has 0 fully saturated rings. The summed E-state index contributed by atoms with van der Waals surface area (Å²) in [5.74, 6) is 0.538. The molecule has 0 atom stereocenters.